The molecule has 0 aliphatic carbocycles. The highest BCUT2D eigenvalue weighted by Gasteiger charge is 2.34. The van der Waals surface area contributed by atoms with Gasteiger partial charge in [0, 0.05) is 25.3 Å². The second kappa shape index (κ2) is 8.43. The zero-order chi connectivity index (χ0) is 20.3. The first-order valence-corrected chi connectivity index (χ1v) is 10.8. The summed E-state index contributed by atoms with van der Waals surface area (Å²) in [7, 11) is -3.67. The quantitative estimate of drug-likeness (QED) is 0.837. The molecule has 1 heterocycles. The van der Waals surface area contributed by atoms with Crippen LogP contribution in [0.1, 0.15) is 28.7 Å². The molecule has 28 heavy (non-hydrogen) atoms. The zero-order valence-corrected chi connectivity index (χ0v) is 17.4. The van der Waals surface area contributed by atoms with Gasteiger partial charge in [0.1, 0.15) is 0 Å². The smallest absolute Gasteiger partial charge is 0.282 e. The second-order valence-corrected chi connectivity index (χ2v) is 9.29. The van der Waals surface area contributed by atoms with E-state index in [2.05, 4.69) is 5.32 Å². The Morgan fingerprint density at radius 3 is 2.46 bits per heavy atom. The van der Waals surface area contributed by atoms with Gasteiger partial charge in [-0.1, -0.05) is 35.9 Å². The molecule has 1 aliphatic rings. The molecule has 2 aromatic carbocycles. The number of nitrogens with zero attached hydrogens (tertiary/aromatic N) is 2. The number of amides is 1. The summed E-state index contributed by atoms with van der Waals surface area (Å²) in [5.41, 5.74) is 4.94. The number of hydrogen-bond acceptors (Lipinski definition) is 3. The van der Waals surface area contributed by atoms with Crippen molar-refractivity contribution in [3.63, 3.8) is 0 Å². The van der Waals surface area contributed by atoms with Gasteiger partial charge < -0.3 is 5.32 Å². The number of carbonyl (C=O) groups is 1. The standard InChI is InChI=1S/C21H27N3O3S/c1-16-6-4-7-19(12-16)14-23-10-5-11-24(28(23,26)27)15-21(25)22-20-9-8-17(2)18(3)13-20/h4,6-9,12-13H,5,10-11,14-15H2,1-3H3,(H,22,25). The lowest BCUT2D eigenvalue weighted by atomic mass is 10.1. The Balaban J connectivity index is 1.67. The van der Waals surface area contributed by atoms with E-state index in [4.69, 9.17) is 0 Å². The van der Waals surface area contributed by atoms with E-state index in [1.165, 1.54) is 8.61 Å². The molecule has 1 amide bonds. The second-order valence-electron chi connectivity index (χ2n) is 7.36. The molecule has 0 spiro atoms. The van der Waals surface area contributed by atoms with Gasteiger partial charge in [-0.2, -0.15) is 17.0 Å². The van der Waals surface area contributed by atoms with Crippen molar-refractivity contribution in [3.8, 4) is 0 Å². The van der Waals surface area contributed by atoms with E-state index in [9.17, 15) is 13.2 Å². The molecule has 1 aliphatic heterocycles. The van der Waals surface area contributed by atoms with Gasteiger partial charge >= 0.3 is 0 Å². The first-order chi connectivity index (χ1) is 13.3. The lowest BCUT2D eigenvalue weighted by molar-refractivity contribution is -0.116. The summed E-state index contributed by atoms with van der Waals surface area (Å²) in [6, 6.07) is 13.5. The lowest BCUT2D eigenvalue weighted by Gasteiger charge is -2.34. The molecule has 1 N–H and O–H groups in total. The van der Waals surface area contributed by atoms with Gasteiger partial charge in [0.15, 0.2) is 0 Å². The van der Waals surface area contributed by atoms with Gasteiger partial charge in [0.25, 0.3) is 10.2 Å². The van der Waals surface area contributed by atoms with Crippen molar-refractivity contribution in [2.45, 2.75) is 33.7 Å². The molecule has 0 bridgehead atoms. The fourth-order valence-electron chi connectivity index (χ4n) is 3.33. The monoisotopic (exact) mass is 401 g/mol. The van der Waals surface area contributed by atoms with Crippen LogP contribution in [0.5, 0.6) is 0 Å². The maximum absolute atomic E-state index is 13.0. The summed E-state index contributed by atoms with van der Waals surface area (Å²) in [5, 5.41) is 2.80. The number of rotatable bonds is 5. The van der Waals surface area contributed by atoms with Crippen molar-refractivity contribution in [1.29, 1.82) is 0 Å². The van der Waals surface area contributed by atoms with Crippen molar-refractivity contribution < 1.29 is 13.2 Å². The summed E-state index contributed by atoms with van der Waals surface area (Å²) < 4.78 is 28.6. The first-order valence-electron chi connectivity index (χ1n) is 9.43. The van der Waals surface area contributed by atoms with Crippen molar-refractivity contribution in [2.24, 2.45) is 0 Å². The predicted molar refractivity (Wildman–Crippen MR) is 111 cm³/mol. The highest BCUT2D eigenvalue weighted by atomic mass is 32.2. The molecule has 3 rings (SSSR count). The molecule has 0 radical (unpaired) electrons. The Hall–Kier alpha value is -2.22. The molecule has 7 heteroatoms. The van der Waals surface area contributed by atoms with Gasteiger partial charge in [-0.25, -0.2) is 0 Å². The Morgan fingerprint density at radius 1 is 1.00 bits per heavy atom. The number of carbonyl (C=O) groups excluding carboxylic acids is 1. The normalized spacial score (nSPS) is 17.4. The van der Waals surface area contributed by atoms with Crippen LogP contribution >= 0.6 is 0 Å². The minimum atomic E-state index is -3.67. The van der Waals surface area contributed by atoms with E-state index >= 15 is 0 Å². The van der Waals surface area contributed by atoms with Crippen LogP contribution in [0.3, 0.4) is 0 Å². The van der Waals surface area contributed by atoms with Gasteiger partial charge in [0.05, 0.1) is 6.54 Å². The third kappa shape index (κ3) is 4.79. The highest BCUT2D eigenvalue weighted by molar-refractivity contribution is 7.86. The fraction of sp³-hybridized carbons (Fsp3) is 0.381. The molecule has 6 nitrogen and oxygen atoms in total. The van der Waals surface area contributed by atoms with E-state index in [0.717, 1.165) is 22.3 Å². The summed E-state index contributed by atoms with van der Waals surface area (Å²) in [6.45, 7) is 6.92. The topological polar surface area (TPSA) is 69.7 Å². The Kier molecular flexibility index (Phi) is 6.17. The summed E-state index contributed by atoms with van der Waals surface area (Å²) in [6.07, 6.45) is 0.696. The average molecular weight is 402 g/mol. The van der Waals surface area contributed by atoms with Crippen molar-refractivity contribution in [2.75, 3.05) is 25.0 Å². The van der Waals surface area contributed by atoms with E-state index in [1.807, 2.05) is 63.2 Å². The van der Waals surface area contributed by atoms with E-state index < -0.39 is 10.2 Å². The van der Waals surface area contributed by atoms with Crippen LogP contribution < -0.4 is 5.32 Å². The minimum absolute atomic E-state index is 0.181. The van der Waals surface area contributed by atoms with Crippen molar-refractivity contribution in [1.82, 2.24) is 8.61 Å². The van der Waals surface area contributed by atoms with E-state index in [0.29, 0.717) is 31.7 Å². The number of nitrogens with one attached hydrogen (secondary N) is 1. The maximum atomic E-state index is 13.0. The number of anilines is 1. The molecule has 150 valence electrons. The minimum Gasteiger partial charge on any atom is -0.325 e. The first kappa shape index (κ1) is 20.5. The summed E-state index contributed by atoms with van der Waals surface area (Å²) in [4.78, 5) is 12.4. The Labute approximate surface area is 167 Å². The zero-order valence-electron chi connectivity index (χ0n) is 16.6. The van der Waals surface area contributed by atoms with Crippen LogP contribution in [0.4, 0.5) is 5.69 Å². The largest absolute Gasteiger partial charge is 0.325 e. The molecule has 0 atom stereocenters. The van der Waals surface area contributed by atoms with Crippen LogP contribution in [0.15, 0.2) is 42.5 Å². The van der Waals surface area contributed by atoms with E-state index in [-0.39, 0.29) is 12.5 Å². The SMILES string of the molecule is Cc1cccc(CN2CCCN(CC(=O)Nc3ccc(C)c(C)c3)S2(=O)=O)c1. The van der Waals surface area contributed by atoms with Gasteiger partial charge in [-0.3, -0.25) is 4.79 Å². The molecule has 0 aromatic heterocycles. The van der Waals surface area contributed by atoms with Crippen molar-refractivity contribution in [3.05, 3.63) is 64.7 Å². The fourth-order valence-corrected chi connectivity index (χ4v) is 4.97. The van der Waals surface area contributed by atoms with Gasteiger partial charge in [0.2, 0.25) is 5.91 Å². The molecule has 1 saturated heterocycles. The predicted octanol–water partition coefficient (Wildman–Crippen LogP) is 3.00. The number of hydrogen-bond donors (Lipinski definition) is 1. The lowest BCUT2D eigenvalue weighted by Crippen LogP contribution is -2.51. The molecular weight excluding hydrogens is 374 g/mol. The molecular formula is C21H27N3O3S. The van der Waals surface area contributed by atoms with Crippen LogP contribution in [-0.2, 0) is 21.5 Å². The molecule has 1 fully saturated rings. The summed E-state index contributed by atoms with van der Waals surface area (Å²) in [5.74, 6) is -0.329. The van der Waals surface area contributed by atoms with Crippen LogP contribution in [-0.4, -0.2) is 42.6 Å². The maximum Gasteiger partial charge on any atom is 0.282 e. The van der Waals surface area contributed by atoms with Gasteiger partial charge in [-0.15, -0.1) is 0 Å². The highest BCUT2D eigenvalue weighted by Crippen LogP contribution is 2.20. The molecule has 0 saturated carbocycles. The van der Waals surface area contributed by atoms with E-state index in [1.54, 1.807) is 0 Å². The average Bonchev–Trinajstić information content (AvgIpc) is 2.62. The van der Waals surface area contributed by atoms with Gasteiger partial charge in [-0.05, 0) is 56.0 Å². The Morgan fingerprint density at radius 2 is 1.75 bits per heavy atom. The molecule has 2 aromatic rings. The van der Waals surface area contributed by atoms with Crippen LogP contribution in [0, 0.1) is 20.8 Å². The number of aryl methyl sites for hydroxylation is 3. The third-order valence-electron chi connectivity index (χ3n) is 5.02. The van der Waals surface area contributed by atoms with Crippen LogP contribution in [0.2, 0.25) is 0 Å². The van der Waals surface area contributed by atoms with Crippen molar-refractivity contribution >= 4 is 21.8 Å². The Bertz CT molecular complexity index is 973. The third-order valence-corrected chi connectivity index (χ3v) is 6.95. The number of benzene rings is 2. The summed E-state index contributed by atoms with van der Waals surface area (Å²) >= 11 is 0. The molecule has 0 unspecified atom stereocenters. The van der Waals surface area contributed by atoms with Crippen LogP contribution in [0.25, 0.3) is 0 Å².